The Kier molecular flexibility index (Phi) is 5.88. The van der Waals surface area contributed by atoms with Crippen molar-refractivity contribution in [2.24, 2.45) is 0 Å². The molecule has 0 fully saturated rings. The van der Waals surface area contributed by atoms with E-state index in [1.807, 2.05) is 0 Å². The molecular weight excluding hydrogens is 115 g/mol. The molecule has 0 aromatic rings. The molecule has 0 N–H and O–H groups in total. The minimum Gasteiger partial charge on any atom is -0.269 e. The number of unbranched alkanes of at least 4 members (excludes halogenated alkanes) is 1. The van der Waals surface area contributed by atoms with Crippen molar-refractivity contribution in [3.8, 4) is 0 Å². The van der Waals surface area contributed by atoms with E-state index in [9.17, 15) is 0 Å². The van der Waals surface area contributed by atoms with Crippen LogP contribution in [-0.2, 0) is 0 Å². The molecule has 0 spiro atoms. The van der Waals surface area contributed by atoms with Gasteiger partial charge < -0.3 is 0 Å². The Hall–Kier alpha value is 0.0774. The van der Waals surface area contributed by atoms with Crippen molar-refractivity contribution in [1.82, 2.24) is 0 Å². The second-order valence-corrected chi connectivity index (χ2v) is 2.41. The molecule has 0 aromatic carbocycles. The van der Waals surface area contributed by atoms with E-state index in [0.717, 1.165) is 6.42 Å². The van der Waals surface area contributed by atoms with E-state index in [1.165, 1.54) is 24.8 Å². The van der Waals surface area contributed by atoms with Gasteiger partial charge in [0.1, 0.15) is 0 Å². The first kappa shape index (κ1) is 10.1. The Balaban J connectivity index is 0.000000810. The molecule has 0 saturated heterocycles. The van der Waals surface area contributed by atoms with Gasteiger partial charge in [-0.1, -0.05) is 26.2 Å². The summed E-state index contributed by atoms with van der Waals surface area (Å²) in [7, 11) is 0. The van der Waals surface area contributed by atoms with Crippen molar-refractivity contribution in [2.75, 3.05) is 0 Å². The SMILES string of the molecule is CCCCC1=[C-]CC=C1.[Li+]. The third kappa shape index (κ3) is 3.30. The minimum absolute atomic E-state index is 0. The molecule has 50 valence electrons. The van der Waals surface area contributed by atoms with Gasteiger partial charge in [0.25, 0.3) is 0 Å². The zero-order valence-corrected chi connectivity index (χ0v) is 6.98. The molecule has 1 aliphatic rings. The zero-order chi connectivity index (χ0) is 6.53. The average Bonchev–Trinajstić information content (AvgIpc) is 2.34. The maximum atomic E-state index is 3.30. The number of hydrogen-bond donors (Lipinski definition) is 0. The molecule has 0 aromatic heterocycles. The van der Waals surface area contributed by atoms with Crippen molar-refractivity contribution in [1.29, 1.82) is 0 Å². The van der Waals surface area contributed by atoms with E-state index in [0.29, 0.717) is 0 Å². The van der Waals surface area contributed by atoms with E-state index in [1.54, 1.807) is 0 Å². The van der Waals surface area contributed by atoms with E-state index < -0.39 is 0 Å². The second kappa shape index (κ2) is 5.83. The number of hydrogen-bond acceptors (Lipinski definition) is 0. The van der Waals surface area contributed by atoms with E-state index in [-0.39, 0.29) is 18.9 Å². The van der Waals surface area contributed by atoms with Gasteiger partial charge in [-0.05, 0) is 0 Å². The maximum absolute atomic E-state index is 3.30. The molecule has 0 bridgehead atoms. The quantitative estimate of drug-likeness (QED) is 0.367. The van der Waals surface area contributed by atoms with Crippen molar-refractivity contribution in [3.05, 3.63) is 23.8 Å². The third-order valence-electron chi connectivity index (χ3n) is 1.57. The molecule has 0 unspecified atom stereocenters. The van der Waals surface area contributed by atoms with E-state index in [2.05, 4.69) is 25.2 Å². The summed E-state index contributed by atoms with van der Waals surface area (Å²) >= 11 is 0. The summed E-state index contributed by atoms with van der Waals surface area (Å²) in [6.07, 6.45) is 12.5. The van der Waals surface area contributed by atoms with Crippen LogP contribution in [0.15, 0.2) is 17.7 Å². The number of rotatable bonds is 3. The van der Waals surface area contributed by atoms with Gasteiger partial charge in [-0.15, -0.1) is 6.42 Å². The predicted octanol–water partition coefficient (Wildman–Crippen LogP) is -0.130. The molecule has 0 atom stereocenters. The molecule has 1 aliphatic carbocycles. The van der Waals surface area contributed by atoms with Crippen LogP contribution in [0.1, 0.15) is 32.6 Å². The normalized spacial score (nSPS) is 14.7. The Morgan fingerprint density at radius 3 is 2.90 bits per heavy atom. The summed E-state index contributed by atoms with van der Waals surface area (Å²) in [5.74, 6) is 0. The van der Waals surface area contributed by atoms with Crippen LogP contribution in [0.4, 0.5) is 0 Å². The standard InChI is InChI=1S/C9H13.Li/c1-2-3-6-9-7-4-5-8-9;/h4,7H,2-3,5-6H2,1H3;/q-1;+1. The minimum atomic E-state index is 0. The molecule has 0 amide bonds. The largest absolute Gasteiger partial charge is 1.00 e. The summed E-state index contributed by atoms with van der Waals surface area (Å²) in [4.78, 5) is 0. The summed E-state index contributed by atoms with van der Waals surface area (Å²) < 4.78 is 0. The van der Waals surface area contributed by atoms with Crippen molar-refractivity contribution < 1.29 is 18.9 Å². The first-order valence-corrected chi connectivity index (χ1v) is 3.69. The van der Waals surface area contributed by atoms with Gasteiger partial charge in [0.05, 0.1) is 0 Å². The van der Waals surface area contributed by atoms with Crippen LogP contribution in [0.5, 0.6) is 0 Å². The van der Waals surface area contributed by atoms with Crippen LogP contribution < -0.4 is 18.9 Å². The maximum Gasteiger partial charge on any atom is 1.00 e. The van der Waals surface area contributed by atoms with Crippen LogP contribution in [0.3, 0.4) is 0 Å². The van der Waals surface area contributed by atoms with Crippen LogP contribution in [-0.4, -0.2) is 0 Å². The monoisotopic (exact) mass is 128 g/mol. The van der Waals surface area contributed by atoms with Crippen molar-refractivity contribution in [2.45, 2.75) is 32.6 Å². The molecule has 0 aliphatic heterocycles. The van der Waals surface area contributed by atoms with Gasteiger partial charge in [-0.2, -0.15) is 6.08 Å². The van der Waals surface area contributed by atoms with E-state index in [4.69, 9.17) is 0 Å². The first-order chi connectivity index (χ1) is 4.43. The smallest absolute Gasteiger partial charge is 0.269 e. The summed E-state index contributed by atoms with van der Waals surface area (Å²) in [6, 6.07) is 0. The van der Waals surface area contributed by atoms with Gasteiger partial charge in [-0.3, -0.25) is 6.08 Å². The Bertz CT molecular complexity index is 134. The molecule has 1 heteroatoms. The second-order valence-electron chi connectivity index (χ2n) is 2.41. The van der Waals surface area contributed by atoms with Crippen LogP contribution in [0.2, 0.25) is 0 Å². The van der Waals surface area contributed by atoms with Crippen molar-refractivity contribution in [3.63, 3.8) is 0 Å². The fourth-order valence-corrected chi connectivity index (χ4v) is 0.989. The average molecular weight is 128 g/mol. The van der Waals surface area contributed by atoms with Crippen LogP contribution in [0.25, 0.3) is 0 Å². The Labute approximate surface area is 75.6 Å². The molecule has 0 saturated carbocycles. The Morgan fingerprint density at radius 1 is 1.60 bits per heavy atom. The fraction of sp³-hybridized carbons (Fsp3) is 0.556. The summed E-state index contributed by atoms with van der Waals surface area (Å²) in [6.45, 7) is 2.22. The van der Waals surface area contributed by atoms with Gasteiger partial charge in [0.2, 0.25) is 0 Å². The van der Waals surface area contributed by atoms with E-state index >= 15 is 0 Å². The zero-order valence-electron chi connectivity index (χ0n) is 6.98. The summed E-state index contributed by atoms with van der Waals surface area (Å²) in [5, 5.41) is 0. The van der Waals surface area contributed by atoms with Crippen LogP contribution in [0, 0.1) is 6.08 Å². The van der Waals surface area contributed by atoms with Gasteiger partial charge in [-0.25, -0.2) is 11.6 Å². The van der Waals surface area contributed by atoms with Gasteiger partial charge >= 0.3 is 18.9 Å². The molecule has 10 heavy (non-hydrogen) atoms. The fourth-order valence-electron chi connectivity index (χ4n) is 0.989. The molecule has 0 heterocycles. The Morgan fingerprint density at radius 2 is 2.40 bits per heavy atom. The molecule has 0 nitrogen and oxygen atoms in total. The van der Waals surface area contributed by atoms with Gasteiger partial charge in [0, 0.05) is 0 Å². The molecular formula is C9H13Li. The van der Waals surface area contributed by atoms with Crippen LogP contribution >= 0.6 is 0 Å². The third-order valence-corrected chi connectivity index (χ3v) is 1.57. The number of allylic oxidation sites excluding steroid dienone is 4. The van der Waals surface area contributed by atoms with Gasteiger partial charge in [0.15, 0.2) is 0 Å². The first-order valence-electron chi connectivity index (χ1n) is 3.69. The van der Waals surface area contributed by atoms with Crippen molar-refractivity contribution >= 4 is 0 Å². The summed E-state index contributed by atoms with van der Waals surface area (Å²) in [5.41, 5.74) is 1.41. The predicted molar refractivity (Wildman–Crippen MR) is 40.0 cm³/mol. The molecule has 1 rings (SSSR count). The molecule has 0 radical (unpaired) electrons. The topological polar surface area (TPSA) is 0 Å².